The fourth-order valence-corrected chi connectivity index (χ4v) is 2.85. The van der Waals surface area contributed by atoms with Gasteiger partial charge in [0.1, 0.15) is 0 Å². The summed E-state index contributed by atoms with van der Waals surface area (Å²) < 4.78 is 0.720. The summed E-state index contributed by atoms with van der Waals surface area (Å²) in [5, 5.41) is 9.64. The van der Waals surface area contributed by atoms with Gasteiger partial charge in [-0.3, -0.25) is 29.0 Å². The molecule has 0 bridgehead atoms. The van der Waals surface area contributed by atoms with Gasteiger partial charge in [-0.2, -0.15) is 40.0 Å². The average molecular weight is 724 g/mol. The Hall–Kier alpha value is 0.610. The maximum atomic E-state index is 11.4. The Morgan fingerprint density at radius 1 is 0.818 bits per heavy atom. The fourth-order valence-electron chi connectivity index (χ4n) is 2.85. The quantitative estimate of drug-likeness (QED) is 0.0846. The van der Waals surface area contributed by atoms with E-state index in [-0.39, 0.29) is 23.6 Å². The summed E-state index contributed by atoms with van der Waals surface area (Å²) in [7, 11) is 3.65. The minimum atomic E-state index is -0.0756. The van der Waals surface area contributed by atoms with Gasteiger partial charge in [0.25, 0.3) is 0 Å². The van der Waals surface area contributed by atoms with Crippen molar-refractivity contribution in [2.24, 2.45) is 0 Å². The third-order valence-corrected chi connectivity index (χ3v) is 6.49. The molecule has 2 heterocycles. The van der Waals surface area contributed by atoms with Gasteiger partial charge in [-0.25, -0.2) is 0 Å². The van der Waals surface area contributed by atoms with E-state index in [0.29, 0.717) is 51.9 Å². The van der Waals surface area contributed by atoms with Gasteiger partial charge in [0.2, 0.25) is 32.8 Å². The second-order valence-electron chi connectivity index (χ2n) is 7.20. The summed E-state index contributed by atoms with van der Waals surface area (Å²) in [6.45, 7) is 9.43. The zero-order chi connectivity index (χ0) is 25.1. The van der Waals surface area contributed by atoms with Crippen molar-refractivity contribution in [2.45, 2.75) is 32.5 Å². The predicted molar refractivity (Wildman–Crippen MR) is 160 cm³/mol. The number of amides is 4. The smallest absolute Gasteiger partial charge is 0.236 e. The van der Waals surface area contributed by atoms with E-state index in [1.54, 1.807) is 0 Å². The molecule has 2 atom stereocenters. The fraction of sp³-hybridized carbons (Fsp3) is 0.778. The zero-order valence-corrected chi connectivity index (χ0v) is 26.0. The summed E-state index contributed by atoms with van der Waals surface area (Å²) in [5.74, 6) is -0.302. The van der Waals surface area contributed by atoms with Crippen LogP contribution in [-0.4, -0.2) is 102 Å². The van der Waals surface area contributed by atoms with Crippen LogP contribution in [0.2, 0.25) is 6.82 Å². The monoisotopic (exact) mass is 724 g/mol. The molecule has 0 saturated carbocycles. The third kappa shape index (κ3) is 17.6. The summed E-state index contributed by atoms with van der Waals surface area (Å²) in [6, 6.07) is 0. The number of likely N-dealkylation sites (tertiary alicyclic amines) is 2. The van der Waals surface area contributed by atoms with E-state index < -0.39 is 0 Å². The molecule has 187 valence electrons. The van der Waals surface area contributed by atoms with Gasteiger partial charge >= 0.3 is 0 Å². The lowest BCUT2D eigenvalue weighted by Gasteiger charge is -2.15. The molecule has 0 aromatic carbocycles. The first kappa shape index (κ1) is 33.6. The van der Waals surface area contributed by atoms with Gasteiger partial charge in [-0.1, -0.05) is 13.5 Å². The van der Waals surface area contributed by atoms with Crippen LogP contribution in [0, 0.1) is 0 Å². The van der Waals surface area contributed by atoms with Gasteiger partial charge in [0, 0.05) is 78.0 Å². The normalized spacial score (nSPS) is 15.7. The third-order valence-electron chi connectivity index (χ3n) is 4.40. The van der Waals surface area contributed by atoms with E-state index >= 15 is 0 Å². The Balaban J connectivity index is 0.00000111. The van der Waals surface area contributed by atoms with Crippen LogP contribution >= 0.6 is 62.3 Å². The predicted octanol–water partition coefficient (Wildman–Crippen LogP) is 0.732. The number of rotatable bonds is 13. The molecule has 33 heavy (non-hydrogen) atoms. The number of hydrogen-bond donors (Lipinski definition) is 3. The first-order valence-electron chi connectivity index (χ1n) is 11.0. The molecule has 0 aromatic rings. The number of halogens is 2. The Morgan fingerprint density at radius 3 is 1.30 bits per heavy atom. The molecule has 2 rings (SSSR count). The van der Waals surface area contributed by atoms with Gasteiger partial charge in [0.15, 0.2) is 0 Å². The molecule has 0 spiro atoms. The highest BCUT2D eigenvalue weighted by Gasteiger charge is 2.28. The molecule has 2 unspecified atom stereocenters. The molecule has 0 aliphatic carbocycles. The van der Waals surface area contributed by atoms with Crippen LogP contribution in [0.5, 0.6) is 0 Å². The highest BCUT2D eigenvalue weighted by atomic mass is 127. The van der Waals surface area contributed by atoms with Crippen molar-refractivity contribution in [1.82, 2.24) is 25.8 Å². The van der Waals surface area contributed by atoms with Crippen molar-refractivity contribution < 1.29 is 19.2 Å². The molecule has 3 N–H and O–H groups in total. The molecule has 0 aromatic heterocycles. The molecule has 2 aliphatic rings. The second kappa shape index (κ2) is 21.9. The van der Waals surface area contributed by atoms with Crippen molar-refractivity contribution in [2.75, 3.05) is 59.0 Å². The van der Waals surface area contributed by atoms with E-state index in [0.717, 1.165) is 38.9 Å². The van der Waals surface area contributed by atoms with Crippen LogP contribution in [-0.2, 0) is 19.2 Å². The molecule has 2 aliphatic heterocycles. The molecular weight excluding hydrogens is 688 g/mol. The van der Waals surface area contributed by atoms with Crippen molar-refractivity contribution in [3.63, 3.8) is 0 Å². The van der Waals surface area contributed by atoms with E-state index in [4.69, 9.17) is 0 Å². The summed E-state index contributed by atoms with van der Waals surface area (Å²) in [5.41, 5.74) is 0. The molecule has 9 nitrogen and oxygen atoms in total. The van der Waals surface area contributed by atoms with Gasteiger partial charge in [-0.15, -0.1) is 22.4 Å². The first-order valence-corrected chi connectivity index (χ1v) is 15.7. The topological polar surface area (TPSA) is 111 Å². The number of imide groups is 2. The van der Waals surface area contributed by atoms with Gasteiger partial charge < -0.3 is 16.0 Å². The largest absolute Gasteiger partial charge is 0.314 e. The van der Waals surface area contributed by atoms with Gasteiger partial charge in [0.05, 0.1) is 0 Å². The number of hydrogen-bond acceptors (Lipinski definition) is 7. The number of nitrogens with zero attached hydrogens (tertiary/aromatic N) is 2. The van der Waals surface area contributed by atoms with Crippen LogP contribution in [0.25, 0.3) is 0 Å². The number of nitrogens with one attached hydrogen (secondary N) is 3. The maximum absolute atomic E-state index is 11.4. The first-order chi connectivity index (χ1) is 15.7. The lowest BCUT2D eigenvalue weighted by Crippen LogP contribution is -2.39. The van der Waals surface area contributed by atoms with E-state index in [9.17, 15) is 19.2 Å². The average Bonchev–Trinajstić information content (AvgIpc) is 3.26. The highest BCUT2D eigenvalue weighted by Crippen LogP contribution is 2.10. The second-order valence-corrected chi connectivity index (χ2v) is 14.2. The van der Waals surface area contributed by atoms with E-state index in [2.05, 4.69) is 88.2 Å². The molecule has 2 fully saturated rings. The molecule has 1 radical (unpaired) electrons. The minimum absolute atomic E-state index is 0.0756. The Bertz CT molecular complexity index is 531. The highest BCUT2D eigenvalue weighted by molar-refractivity contribution is 14.1. The van der Waals surface area contributed by atoms with Crippen LogP contribution in [0.1, 0.15) is 25.7 Å². The lowest BCUT2D eigenvalue weighted by atomic mass is 10.2. The Kier molecular flexibility index (Phi) is 22.3. The number of carbonyl (C=O) groups is 4. The van der Waals surface area contributed by atoms with Crippen LogP contribution in [0.4, 0.5) is 0 Å². The van der Waals surface area contributed by atoms with Crippen molar-refractivity contribution >= 4 is 95.1 Å². The van der Waals surface area contributed by atoms with Crippen LogP contribution in [0.15, 0.2) is 0 Å². The summed E-state index contributed by atoms with van der Waals surface area (Å²) in [4.78, 5) is 50.4. The van der Waals surface area contributed by atoms with E-state index in [1.165, 1.54) is 9.80 Å². The van der Waals surface area contributed by atoms with Crippen molar-refractivity contribution in [3.05, 3.63) is 0 Å². The van der Waals surface area contributed by atoms with E-state index in [1.807, 2.05) is 0 Å². The standard InChI is InChI=1S/C16H27N5O4.CH4BIP.CH5BIP/c22-13-1-2-14(23)20(13)11-9-18-7-5-17-6-8-19-10-12-21-15(24)3-4-16(21)25;1-4-2-3;1-2(3)4/h17-19H,1-12H2;4H,1H3;4H2,1H3. The van der Waals surface area contributed by atoms with Crippen LogP contribution in [0.3, 0.4) is 0 Å². The van der Waals surface area contributed by atoms with Crippen molar-refractivity contribution in [1.29, 1.82) is 0 Å². The molecular formula is C18H36B2I2N5O4P2. The zero-order valence-electron chi connectivity index (χ0n) is 19.5. The Labute approximate surface area is 230 Å². The summed E-state index contributed by atoms with van der Waals surface area (Å²) in [6.07, 6.45) is 1.36. The number of carbonyl (C=O) groups excluding carboxylic acids is 4. The molecule has 15 heteroatoms. The SMILES string of the molecule is CB(P)I.CP[B]I.O=C1CCC(=O)N1CCNCCNCCNCCN1C(=O)CCC1=O. The summed E-state index contributed by atoms with van der Waals surface area (Å²) >= 11 is 4.55. The Morgan fingerprint density at radius 2 is 1.06 bits per heavy atom. The van der Waals surface area contributed by atoms with Gasteiger partial charge in [-0.05, 0) is 0 Å². The minimum Gasteiger partial charge on any atom is -0.314 e. The molecule has 2 saturated heterocycles. The van der Waals surface area contributed by atoms with Crippen LogP contribution < -0.4 is 16.0 Å². The molecule has 4 amide bonds. The lowest BCUT2D eigenvalue weighted by molar-refractivity contribution is -0.139. The maximum Gasteiger partial charge on any atom is 0.236 e. The van der Waals surface area contributed by atoms with Crippen molar-refractivity contribution in [3.8, 4) is 0 Å².